The molecule has 1 heterocycles. The molecule has 2 rings (SSSR count). The van der Waals surface area contributed by atoms with Gasteiger partial charge < -0.3 is 15.1 Å². The number of sulfonamides is 1. The second kappa shape index (κ2) is 9.12. The lowest BCUT2D eigenvalue weighted by molar-refractivity contribution is 0.369. The van der Waals surface area contributed by atoms with E-state index in [4.69, 9.17) is 11.6 Å². The smallest absolute Gasteiger partial charge is 0.209 e. The van der Waals surface area contributed by atoms with E-state index >= 15 is 0 Å². The fourth-order valence-electron chi connectivity index (χ4n) is 3.10. The quantitative estimate of drug-likeness (QED) is 0.546. The standard InChI is InChI=1S/C18H30ClN5O2S/c1-5-20-17(21-14-18(2,3)22-27(4,25)26)24-12-10-23(11-13-24)16-9-7-6-8-15(16)19/h6-9,22H,5,10-14H2,1-4H3,(H,20,21). The summed E-state index contributed by atoms with van der Waals surface area (Å²) in [5, 5.41) is 4.07. The Labute approximate surface area is 167 Å². The highest BCUT2D eigenvalue weighted by molar-refractivity contribution is 7.88. The van der Waals surface area contributed by atoms with Crippen molar-refractivity contribution in [2.45, 2.75) is 26.3 Å². The molecule has 0 atom stereocenters. The fourth-order valence-corrected chi connectivity index (χ4v) is 4.42. The van der Waals surface area contributed by atoms with Crippen LogP contribution in [0.25, 0.3) is 0 Å². The Balaban J connectivity index is 2.02. The van der Waals surface area contributed by atoms with Crippen LogP contribution in [0.15, 0.2) is 29.3 Å². The molecule has 1 aromatic rings. The van der Waals surface area contributed by atoms with Crippen LogP contribution in [0.5, 0.6) is 0 Å². The fraction of sp³-hybridized carbons (Fsp3) is 0.611. The molecule has 152 valence electrons. The third kappa shape index (κ3) is 6.86. The maximum atomic E-state index is 11.5. The third-order valence-corrected chi connectivity index (χ3v) is 5.44. The Morgan fingerprint density at radius 3 is 2.41 bits per heavy atom. The monoisotopic (exact) mass is 415 g/mol. The number of nitrogens with one attached hydrogen (secondary N) is 2. The molecule has 1 aliphatic rings. The lowest BCUT2D eigenvalue weighted by atomic mass is 10.1. The van der Waals surface area contributed by atoms with Crippen LogP contribution in [0.2, 0.25) is 5.02 Å². The van der Waals surface area contributed by atoms with E-state index in [1.54, 1.807) is 0 Å². The molecule has 1 aliphatic heterocycles. The van der Waals surface area contributed by atoms with E-state index in [2.05, 4.69) is 24.8 Å². The third-order valence-electron chi connectivity index (χ3n) is 4.19. The van der Waals surface area contributed by atoms with Crippen LogP contribution >= 0.6 is 11.6 Å². The molecular formula is C18H30ClN5O2S. The highest BCUT2D eigenvalue weighted by Gasteiger charge is 2.24. The minimum atomic E-state index is -3.28. The second-order valence-corrected chi connectivity index (χ2v) is 9.51. The summed E-state index contributed by atoms with van der Waals surface area (Å²) in [5.74, 6) is 0.805. The Hall–Kier alpha value is -1.51. The molecule has 0 saturated carbocycles. The molecule has 1 aromatic carbocycles. The van der Waals surface area contributed by atoms with Crippen molar-refractivity contribution >= 4 is 33.3 Å². The van der Waals surface area contributed by atoms with Crippen LogP contribution in [0.1, 0.15) is 20.8 Å². The highest BCUT2D eigenvalue weighted by Crippen LogP contribution is 2.26. The molecule has 27 heavy (non-hydrogen) atoms. The summed E-state index contributed by atoms with van der Waals surface area (Å²) in [5.41, 5.74) is 0.410. The molecule has 1 saturated heterocycles. The molecule has 9 heteroatoms. The minimum Gasteiger partial charge on any atom is -0.367 e. The average molecular weight is 416 g/mol. The van der Waals surface area contributed by atoms with Gasteiger partial charge in [-0.25, -0.2) is 13.1 Å². The molecular weight excluding hydrogens is 386 g/mol. The van der Waals surface area contributed by atoms with Crippen molar-refractivity contribution in [3.8, 4) is 0 Å². The molecule has 0 aliphatic carbocycles. The van der Waals surface area contributed by atoms with Gasteiger partial charge in [0.15, 0.2) is 5.96 Å². The summed E-state index contributed by atoms with van der Waals surface area (Å²) in [4.78, 5) is 9.15. The first-order chi connectivity index (χ1) is 12.6. The van der Waals surface area contributed by atoms with Crippen molar-refractivity contribution in [3.63, 3.8) is 0 Å². The van der Waals surface area contributed by atoms with Crippen LogP contribution in [0.4, 0.5) is 5.69 Å². The first kappa shape index (κ1) is 21.8. The highest BCUT2D eigenvalue weighted by atomic mass is 35.5. The summed E-state index contributed by atoms with van der Waals surface area (Å²) < 4.78 is 25.7. The van der Waals surface area contributed by atoms with Crippen LogP contribution < -0.4 is 14.9 Å². The summed E-state index contributed by atoms with van der Waals surface area (Å²) in [6.45, 7) is 10.1. The number of hydrogen-bond donors (Lipinski definition) is 2. The van der Waals surface area contributed by atoms with Crippen LogP contribution in [0.3, 0.4) is 0 Å². The number of piperazine rings is 1. The van der Waals surface area contributed by atoms with Crippen molar-refractivity contribution < 1.29 is 8.42 Å². The number of anilines is 1. The number of para-hydroxylation sites is 1. The van der Waals surface area contributed by atoms with Crippen molar-refractivity contribution in [1.82, 2.24) is 14.9 Å². The number of rotatable bonds is 6. The first-order valence-corrected chi connectivity index (χ1v) is 11.4. The lowest BCUT2D eigenvalue weighted by Gasteiger charge is -2.38. The Morgan fingerprint density at radius 1 is 1.22 bits per heavy atom. The number of benzene rings is 1. The van der Waals surface area contributed by atoms with E-state index in [9.17, 15) is 8.42 Å². The first-order valence-electron chi connectivity index (χ1n) is 9.13. The normalized spacial score (nSPS) is 16.6. The van der Waals surface area contributed by atoms with Gasteiger partial charge in [0, 0.05) is 38.3 Å². The van der Waals surface area contributed by atoms with Gasteiger partial charge in [0.05, 0.1) is 23.5 Å². The molecule has 7 nitrogen and oxygen atoms in total. The van der Waals surface area contributed by atoms with Gasteiger partial charge in [-0.05, 0) is 32.9 Å². The van der Waals surface area contributed by atoms with Crippen molar-refractivity contribution in [2.75, 3.05) is 50.4 Å². The predicted molar refractivity (Wildman–Crippen MR) is 113 cm³/mol. The number of halogens is 1. The van der Waals surface area contributed by atoms with Gasteiger partial charge in [0.25, 0.3) is 0 Å². The number of hydrogen-bond acceptors (Lipinski definition) is 4. The Bertz CT molecular complexity index is 759. The summed E-state index contributed by atoms with van der Waals surface area (Å²) in [7, 11) is -3.28. The van der Waals surface area contributed by atoms with E-state index in [1.807, 2.05) is 45.0 Å². The van der Waals surface area contributed by atoms with E-state index < -0.39 is 15.6 Å². The molecule has 0 spiro atoms. The molecule has 0 aromatic heterocycles. The molecule has 1 fully saturated rings. The number of guanidine groups is 1. The van der Waals surface area contributed by atoms with Crippen LogP contribution in [-0.2, 0) is 10.0 Å². The van der Waals surface area contributed by atoms with E-state index in [-0.39, 0.29) is 0 Å². The van der Waals surface area contributed by atoms with Crippen LogP contribution in [0, 0.1) is 0 Å². The van der Waals surface area contributed by atoms with Crippen LogP contribution in [-0.4, -0.2) is 70.3 Å². The lowest BCUT2D eigenvalue weighted by Crippen LogP contribution is -2.53. The van der Waals surface area contributed by atoms with Gasteiger partial charge in [-0.1, -0.05) is 23.7 Å². The van der Waals surface area contributed by atoms with E-state index in [1.165, 1.54) is 0 Å². The van der Waals surface area contributed by atoms with Crippen molar-refractivity contribution in [3.05, 3.63) is 29.3 Å². The van der Waals surface area contributed by atoms with Gasteiger partial charge in [-0.3, -0.25) is 4.99 Å². The number of nitrogens with zero attached hydrogens (tertiary/aromatic N) is 3. The predicted octanol–water partition coefficient (Wildman–Crippen LogP) is 1.76. The maximum absolute atomic E-state index is 11.5. The summed E-state index contributed by atoms with van der Waals surface area (Å²) >= 11 is 6.31. The number of aliphatic imine (C=N–C) groups is 1. The topological polar surface area (TPSA) is 77.0 Å². The average Bonchev–Trinajstić information content (AvgIpc) is 2.57. The molecule has 0 unspecified atom stereocenters. The zero-order chi connectivity index (χ0) is 20.1. The SMILES string of the molecule is CCNC(=NCC(C)(C)NS(C)(=O)=O)N1CCN(c2ccccc2Cl)CC1. The zero-order valence-corrected chi connectivity index (χ0v) is 18.1. The van der Waals surface area contributed by atoms with E-state index in [0.717, 1.165) is 55.6 Å². The second-order valence-electron chi connectivity index (χ2n) is 7.35. The summed E-state index contributed by atoms with van der Waals surface area (Å²) in [6.07, 6.45) is 1.16. The largest absolute Gasteiger partial charge is 0.367 e. The maximum Gasteiger partial charge on any atom is 0.209 e. The van der Waals surface area contributed by atoms with Crippen molar-refractivity contribution in [1.29, 1.82) is 0 Å². The summed E-state index contributed by atoms with van der Waals surface area (Å²) in [6, 6.07) is 7.88. The molecule has 2 N–H and O–H groups in total. The van der Waals surface area contributed by atoms with Gasteiger partial charge in [-0.15, -0.1) is 0 Å². The zero-order valence-electron chi connectivity index (χ0n) is 16.5. The minimum absolute atomic E-state index is 0.354. The molecule has 0 amide bonds. The molecule has 0 radical (unpaired) electrons. The van der Waals surface area contributed by atoms with Crippen molar-refractivity contribution in [2.24, 2.45) is 4.99 Å². The Morgan fingerprint density at radius 2 is 1.85 bits per heavy atom. The Kier molecular flexibility index (Phi) is 7.36. The van der Waals surface area contributed by atoms with Gasteiger partial charge in [-0.2, -0.15) is 0 Å². The van der Waals surface area contributed by atoms with Gasteiger partial charge >= 0.3 is 0 Å². The van der Waals surface area contributed by atoms with Gasteiger partial charge in [0.1, 0.15) is 0 Å². The van der Waals surface area contributed by atoms with E-state index in [0.29, 0.717) is 6.54 Å². The molecule has 0 bridgehead atoms. The van der Waals surface area contributed by atoms with Gasteiger partial charge in [0.2, 0.25) is 10.0 Å².